The van der Waals surface area contributed by atoms with Crippen molar-refractivity contribution in [2.75, 3.05) is 18.8 Å². The Labute approximate surface area is 107 Å². The van der Waals surface area contributed by atoms with Gasteiger partial charge in [0, 0.05) is 18.8 Å². The molecule has 1 atom stereocenters. The van der Waals surface area contributed by atoms with Gasteiger partial charge in [0.05, 0.1) is 5.56 Å². The van der Waals surface area contributed by atoms with Crippen LogP contribution in [0.25, 0.3) is 0 Å². The minimum Gasteiger partial charge on any atom is -0.508 e. The molecular weight excluding hydrogens is 228 g/mol. The number of anilines is 1. The van der Waals surface area contributed by atoms with Gasteiger partial charge in [-0.3, -0.25) is 4.79 Å². The second kappa shape index (κ2) is 5.29. The number of benzene rings is 1. The van der Waals surface area contributed by atoms with E-state index in [0.717, 1.165) is 25.9 Å². The predicted molar refractivity (Wildman–Crippen MR) is 71.4 cm³/mol. The van der Waals surface area contributed by atoms with Crippen LogP contribution < -0.4 is 5.73 Å². The minimum atomic E-state index is -0.0718. The molecule has 0 saturated carbocycles. The molecule has 0 aromatic heterocycles. The first-order valence-corrected chi connectivity index (χ1v) is 6.45. The summed E-state index contributed by atoms with van der Waals surface area (Å²) in [5, 5.41) is 9.46. The lowest BCUT2D eigenvalue weighted by Crippen LogP contribution is -2.32. The number of hydrogen-bond donors (Lipinski definition) is 2. The van der Waals surface area contributed by atoms with E-state index in [1.807, 2.05) is 4.90 Å². The molecule has 0 aliphatic carbocycles. The largest absolute Gasteiger partial charge is 0.508 e. The summed E-state index contributed by atoms with van der Waals surface area (Å²) in [6.45, 7) is 3.77. The Morgan fingerprint density at radius 1 is 1.39 bits per heavy atom. The molecule has 18 heavy (non-hydrogen) atoms. The molecule has 1 aliphatic rings. The van der Waals surface area contributed by atoms with Gasteiger partial charge in [0.15, 0.2) is 0 Å². The Bertz CT molecular complexity index is 445. The zero-order valence-corrected chi connectivity index (χ0v) is 10.7. The van der Waals surface area contributed by atoms with Crippen LogP contribution in [0, 0.1) is 5.92 Å². The molecule has 1 aromatic rings. The molecule has 3 N–H and O–H groups in total. The number of rotatable bonds is 1. The highest BCUT2D eigenvalue weighted by atomic mass is 16.3. The maximum absolute atomic E-state index is 12.4. The van der Waals surface area contributed by atoms with E-state index in [2.05, 4.69) is 6.92 Å². The van der Waals surface area contributed by atoms with Crippen LogP contribution in [-0.2, 0) is 0 Å². The molecule has 0 bridgehead atoms. The van der Waals surface area contributed by atoms with Gasteiger partial charge in [-0.2, -0.15) is 0 Å². The minimum absolute atomic E-state index is 0.0718. The summed E-state index contributed by atoms with van der Waals surface area (Å²) >= 11 is 0. The Morgan fingerprint density at radius 3 is 2.94 bits per heavy atom. The maximum atomic E-state index is 12.4. The lowest BCUT2D eigenvalue weighted by molar-refractivity contribution is 0.0761. The molecule has 1 fully saturated rings. The first kappa shape index (κ1) is 12.7. The summed E-state index contributed by atoms with van der Waals surface area (Å²) in [6.07, 6.45) is 3.23. The number of amides is 1. The van der Waals surface area contributed by atoms with Crippen molar-refractivity contribution in [3.8, 4) is 5.75 Å². The highest BCUT2D eigenvalue weighted by molar-refractivity contribution is 5.99. The summed E-state index contributed by atoms with van der Waals surface area (Å²) in [5.41, 5.74) is 6.64. The molecule has 1 heterocycles. The zero-order chi connectivity index (χ0) is 13.1. The summed E-state index contributed by atoms with van der Waals surface area (Å²) in [5.74, 6) is 0.678. The van der Waals surface area contributed by atoms with Gasteiger partial charge in [0.1, 0.15) is 5.75 Å². The number of phenolic OH excluding ortho intramolecular Hbond substituents is 1. The monoisotopic (exact) mass is 248 g/mol. The predicted octanol–water partition coefficient (Wildman–Crippen LogP) is 2.24. The zero-order valence-electron chi connectivity index (χ0n) is 10.7. The van der Waals surface area contributed by atoms with Crippen molar-refractivity contribution in [2.24, 2.45) is 5.92 Å². The highest BCUT2D eigenvalue weighted by Gasteiger charge is 2.21. The summed E-state index contributed by atoms with van der Waals surface area (Å²) in [4.78, 5) is 14.2. The van der Waals surface area contributed by atoms with E-state index in [1.165, 1.54) is 18.6 Å². The summed E-state index contributed by atoms with van der Waals surface area (Å²) in [7, 11) is 0. The van der Waals surface area contributed by atoms with Crippen molar-refractivity contribution in [3.63, 3.8) is 0 Å². The van der Waals surface area contributed by atoms with E-state index in [-0.39, 0.29) is 11.7 Å². The van der Waals surface area contributed by atoms with Crippen LogP contribution in [-0.4, -0.2) is 29.0 Å². The highest BCUT2D eigenvalue weighted by Crippen LogP contribution is 2.23. The lowest BCUT2D eigenvalue weighted by Gasteiger charge is -2.21. The number of carbonyl (C=O) groups excluding carboxylic acids is 1. The first-order chi connectivity index (χ1) is 8.58. The fourth-order valence-electron chi connectivity index (χ4n) is 2.37. The van der Waals surface area contributed by atoms with Crippen molar-refractivity contribution in [2.45, 2.75) is 26.2 Å². The van der Waals surface area contributed by atoms with Crippen LogP contribution in [0.3, 0.4) is 0 Å². The second-order valence-electron chi connectivity index (χ2n) is 5.10. The number of carbonyl (C=O) groups is 1. The van der Waals surface area contributed by atoms with E-state index in [4.69, 9.17) is 5.73 Å². The molecule has 98 valence electrons. The fraction of sp³-hybridized carbons (Fsp3) is 0.500. The summed E-state index contributed by atoms with van der Waals surface area (Å²) in [6, 6.07) is 4.52. The third-order valence-corrected chi connectivity index (χ3v) is 3.57. The Balaban J connectivity index is 2.17. The Hall–Kier alpha value is -1.71. The molecule has 0 radical (unpaired) electrons. The van der Waals surface area contributed by atoms with Crippen molar-refractivity contribution in [3.05, 3.63) is 23.8 Å². The number of likely N-dealkylation sites (tertiary alicyclic amines) is 1. The average molecular weight is 248 g/mol. The van der Waals surface area contributed by atoms with E-state index in [1.54, 1.807) is 6.07 Å². The molecule has 1 amide bonds. The maximum Gasteiger partial charge on any atom is 0.256 e. The van der Waals surface area contributed by atoms with E-state index in [9.17, 15) is 9.90 Å². The van der Waals surface area contributed by atoms with Crippen molar-refractivity contribution in [1.82, 2.24) is 4.90 Å². The van der Waals surface area contributed by atoms with Crippen molar-refractivity contribution >= 4 is 11.6 Å². The number of hydrogen-bond acceptors (Lipinski definition) is 3. The Morgan fingerprint density at radius 2 is 2.17 bits per heavy atom. The van der Waals surface area contributed by atoms with Crippen LogP contribution in [0.2, 0.25) is 0 Å². The van der Waals surface area contributed by atoms with Crippen LogP contribution >= 0.6 is 0 Å². The van der Waals surface area contributed by atoms with E-state index < -0.39 is 0 Å². The van der Waals surface area contributed by atoms with Gasteiger partial charge in [-0.25, -0.2) is 0 Å². The molecule has 0 spiro atoms. The normalized spacial score (nSPS) is 20.5. The van der Waals surface area contributed by atoms with Gasteiger partial charge in [-0.05, 0) is 43.4 Å². The van der Waals surface area contributed by atoms with Gasteiger partial charge >= 0.3 is 0 Å². The Kier molecular flexibility index (Phi) is 3.75. The van der Waals surface area contributed by atoms with Gasteiger partial charge in [-0.1, -0.05) is 6.92 Å². The third-order valence-electron chi connectivity index (χ3n) is 3.57. The van der Waals surface area contributed by atoms with Crippen molar-refractivity contribution < 1.29 is 9.90 Å². The number of nitrogen functional groups attached to an aromatic ring is 1. The van der Waals surface area contributed by atoms with Gasteiger partial charge in [0.2, 0.25) is 0 Å². The number of nitrogens with zero attached hydrogens (tertiary/aromatic N) is 1. The average Bonchev–Trinajstić information content (AvgIpc) is 2.56. The molecular formula is C14H20N2O2. The standard InChI is InChI=1S/C14H20N2O2/c1-10-3-2-7-16(8-6-10)14(18)12-9-11(17)4-5-13(12)15/h4-5,9-10,17H,2-3,6-8,15H2,1H3. The number of nitrogens with two attached hydrogens (primary N) is 1. The smallest absolute Gasteiger partial charge is 0.256 e. The van der Waals surface area contributed by atoms with Crippen LogP contribution in [0.15, 0.2) is 18.2 Å². The van der Waals surface area contributed by atoms with Crippen molar-refractivity contribution in [1.29, 1.82) is 0 Å². The molecule has 4 heteroatoms. The van der Waals surface area contributed by atoms with Crippen LogP contribution in [0.5, 0.6) is 5.75 Å². The summed E-state index contributed by atoms with van der Waals surface area (Å²) < 4.78 is 0. The van der Waals surface area contributed by atoms with Crippen LogP contribution in [0.1, 0.15) is 36.5 Å². The van der Waals surface area contributed by atoms with E-state index in [0.29, 0.717) is 17.2 Å². The third kappa shape index (κ3) is 2.75. The first-order valence-electron chi connectivity index (χ1n) is 6.45. The van der Waals surface area contributed by atoms with E-state index >= 15 is 0 Å². The molecule has 1 saturated heterocycles. The second-order valence-corrected chi connectivity index (χ2v) is 5.10. The SMILES string of the molecule is CC1CCCN(C(=O)c2cc(O)ccc2N)CC1. The molecule has 1 aliphatic heterocycles. The topological polar surface area (TPSA) is 66.6 Å². The van der Waals surface area contributed by atoms with Gasteiger partial charge in [0.25, 0.3) is 5.91 Å². The van der Waals surface area contributed by atoms with Gasteiger partial charge < -0.3 is 15.7 Å². The number of phenols is 1. The quantitative estimate of drug-likeness (QED) is 0.591. The van der Waals surface area contributed by atoms with Gasteiger partial charge in [-0.15, -0.1) is 0 Å². The molecule has 1 unspecified atom stereocenters. The number of aromatic hydroxyl groups is 1. The molecule has 4 nitrogen and oxygen atoms in total. The molecule has 2 rings (SSSR count). The molecule has 1 aromatic carbocycles. The fourth-order valence-corrected chi connectivity index (χ4v) is 2.37. The van der Waals surface area contributed by atoms with Crippen LogP contribution in [0.4, 0.5) is 5.69 Å². The lowest BCUT2D eigenvalue weighted by atomic mass is 10.0.